The Hall–Kier alpha value is -2.79. The molecule has 5 heteroatoms. The third-order valence-electron chi connectivity index (χ3n) is 3.88. The smallest absolute Gasteiger partial charge is 0.264 e. The van der Waals surface area contributed by atoms with Crippen LogP contribution in [-0.4, -0.2) is 15.6 Å². The van der Waals surface area contributed by atoms with Gasteiger partial charge in [-0.15, -0.1) is 0 Å². The Labute approximate surface area is 143 Å². The minimum Gasteiger partial charge on any atom is -0.351 e. The van der Waals surface area contributed by atoms with Crippen LogP contribution in [0.15, 0.2) is 70.7 Å². The lowest BCUT2D eigenvalue weighted by atomic mass is 10.1. The van der Waals surface area contributed by atoms with E-state index in [-0.39, 0.29) is 5.91 Å². The monoisotopic (exact) mass is 333 g/mol. The van der Waals surface area contributed by atoms with Gasteiger partial charge in [0.2, 0.25) is 0 Å². The molecular weight excluding hydrogens is 318 g/mol. The van der Waals surface area contributed by atoms with E-state index in [1.165, 1.54) is 17.1 Å². The van der Waals surface area contributed by atoms with Crippen LogP contribution < -0.4 is 5.32 Å². The molecule has 4 rings (SSSR count). The number of carbonyl (C=O) groups excluding carboxylic acids is 1. The van der Waals surface area contributed by atoms with Gasteiger partial charge >= 0.3 is 0 Å². The minimum atomic E-state index is -0.110. The summed E-state index contributed by atoms with van der Waals surface area (Å²) < 4.78 is 1.97. The molecule has 2 heterocycles. The number of rotatable bonds is 2. The van der Waals surface area contributed by atoms with E-state index in [1.807, 2.05) is 66.4 Å². The fraction of sp³-hybridized carbons (Fsp3) is 0.0526. The molecule has 0 saturated carbocycles. The maximum atomic E-state index is 12.1. The number of carbonyl (C=O) groups is 1. The number of hydrogen-bond acceptors (Lipinski definition) is 3. The SMILES string of the molecule is Cn1cccc1/C=C1/SC(=Nc2ccc3ccccc3c2)NC1=O. The third-order valence-corrected chi connectivity index (χ3v) is 4.79. The molecule has 1 aromatic heterocycles. The second kappa shape index (κ2) is 6.02. The number of aryl methyl sites for hydroxylation is 1. The first-order valence-electron chi connectivity index (χ1n) is 7.59. The van der Waals surface area contributed by atoms with E-state index in [4.69, 9.17) is 0 Å². The predicted octanol–water partition coefficient (Wildman–Crippen LogP) is 4.07. The van der Waals surface area contributed by atoms with Crippen molar-refractivity contribution in [1.29, 1.82) is 0 Å². The molecule has 4 nitrogen and oxygen atoms in total. The van der Waals surface area contributed by atoms with Crippen molar-refractivity contribution in [2.75, 3.05) is 0 Å². The van der Waals surface area contributed by atoms with Crippen molar-refractivity contribution in [2.24, 2.45) is 12.0 Å². The zero-order valence-corrected chi connectivity index (χ0v) is 13.9. The Bertz CT molecular complexity index is 1000. The van der Waals surface area contributed by atoms with Gasteiger partial charge in [0.05, 0.1) is 10.6 Å². The number of amidine groups is 1. The molecule has 0 bridgehead atoms. The predicted molar refractivity (Wildman–Crippen MR) is 100 cm³/mol. The zero-order valence-electron chi connectivity index (χ0n) is 13.1. The van der Waals surface area contributed by atoms with Gasteiger partial charge in [0.25, 0.3) is 5.91 Å². The summed E-state index contributed by atoms with van der Waals surface area (Å²) >= 11 is 1.36. The Kier molecular flexibility index (Phi) is 3.70. The highest BCUT2D eigenvalue weighted by Gasteiger charge is 2.24. The third kappa shape index (κ3) is 2.86. The molecule has 0 spiro atoms. The van der Waals surface area contributed by atoms with Gasteiger partial charge < -0.3 is 9.88 Å². The molecule has 118 valence electrons. The first kappa shape index (κ1) is 14.8. The van der Waals surface area contributed by atoms with Crippen molar-refractivity contribution in [2.45, 2.75) is 0 Å². The van der Waals surface area contributed by atoms with Crippen molar-refractivity contribution < 1.29 is 4.79 Å². The number of fused-ring (bicyclic) bond motifs is 1. The van der Waals surface area contributed by atoms with Crippen LogP contribution >= 0.6 is 11.8 Å². The average Bonchev–Trinajstić information content (AvgIpc) is 3.14. The number of hydrogen-bond donors (Lipinski definition) is 1. The van der Waals surface area contributed by atoms with E-state index in [9.17, 15) is 4.79 Å². The molecule has 0 atom stereocenters. The number of aromatic nitrogens is 1. The molecule has 2 aromatic carbocycles. The van der Waals surface area contributed by atoms with Crippen molar-refractivity contribution >= 4 is 45.4 Å². The number of aliphatic imine (C=N–C) groups is 1. The Morgan fingerprint density at radius 2 is 1.92 bits per heavy atom. The number of benzene rings is 2. The van der Waals surface area contributed by atoms with Gasteiger partial charge in [-0.3, -0.25) is 4.79 Å². The maximum absolute atomic E-state index is 12.1. The molecule has 1 N–H and O–H groups in total. The van der Waals surface area contributed by atoms with E-state index in [2.05, 4.69) is 22.4 Å². The van der Waals surface area contributed by atoms with Gasteiger partial charge in [0.15, 0.2) is 5.17 Å². The fourth-order valence-electron chi connectivity index (χ4n) is 2.60. The highest BCUT2D eigenvalue weighted by Crippen LogP contribution is 2.29. The molecule has 0 aliphatic carbocycles. The van der Waals surface area contributed by atoms with Gasteiger partial charge in [-0.25, -0.2) is 4.99 Å². The molecule has 24 heavy (non-hydrogen) atoms. The molecule has 1 aliphatic rings. The highest BCUT2D eigenvalue weighted by molar-refractivity contribution is 8.18. The molecular formula is C19H15N3OS. The number of nitrogens with zero attached hydrogens (tertiary/aromatic N) is 2. The Balaban J connectivity index is 1.62. The molecule has 0 unspecified atom stereocenters. The molecule has 1 aliphatic heterocycles. The summed E-state index contributed by atoms with van der Waals surface area (Å²) in [6.45, 7) is 0. The van der Waals surface area contributed by atoms with E-state index in [0.717, 1.165) is 16.8 Å². The van der Waals surface area contributed by atoms with Crippen LogP contribution in [0.4, 0.5) is 5.69 Å². The van der Waals surface area contributed by atoms with Crippen LogP contribution in [0.5, 0.6) is 0 Å². The van der Waals surface area contributed by atoms with Crippen molar-refractivity contribution in [3.05, 3.63) is 71.4 Å². The summed E-state index contributed by atoms with van der Waals surface area (Å²) in [6.07, 6.45) is 3.83. The van der Waals surface area contributed by atoms with Crippen LogP contribution in [0, 0.1) is 0 Å². The van der Waals surface area contributed by atoms with Crippen LogP contribution in [0.1, 0.15) is 5.69 Å². The number of thioether (sulfide) groups is 1. The van der Waals surface area contributed by atoms with E-state index in [0.29, 0.717) is 10.1 Å². The average molecular weight is 333 g/mol. The lowest BCUT2D eigenvalue weighted by Crippen LogP contribution is -2.19. The Morgan fingerprint density at radius 3 is 2.71 bits per heavy atom. The lowest BCUT2D eigenvalue weighted by molar-refractivity contribution is -0.115. The van der Waals surface area contributed by atoms with E-state index >= 15 is 0 Å². The van der Waals surface area contributed by atoms with Gasteiger partial charge in [-0.05, 0) is 52.9 Å². The van der Waals surface area contributed by atoms with Gasteiger partial charge in [-0.2, -0.15) is 0 Å². The molecule has 1 fully saturated rings. The van der Waals surface area contributed by atoms with E-state index in [1.54, 1.807) is 0 Å². The highest BCUT2D eigenvalue weighted by atomic mass is 32.2. The quantitative estimate of drug-likeness (QED) is 0.719. The van der Waals surface area contributed by atoms with Crippen LogP contribution in [0.3, 0.4) is 0 Å². The van der Waals surface area contributed by atoms with Crippen molar-refractivity contribution in [1.82, 2.24) is 9.88 Å². The van der Waals surface area contributed by atoms with Gasteiger partial charge in [-0.1, -0.05) is 30.3 Å². The first-order chi connectivity index (χ1) is 11.7. The Morgan fingerprint density at radius 1 is 1.08 bits per heavy atom. The molecule has 1 amide bonds. The standard InChI is InChI=1S/C19H15N3OS/c1-22-10-4-7-16(22)12-17-18(23)21-19(24-17)20-15-9-8-13-5-2-3-6-14(13)11-15/h2-12H,1H3,(H,20,21,23)/b17-12+. The normalized spacial score (nSPS) is 17.8. The number of amides is 1. The van der Waals surface area contributed by atoms with Crippen LogP contribution in [-0.2, 0) is 11.8 Å². The van der Waals surface area contributed by atoms with Crippen molar-refractivity contribution in [3.63, 3.8) is 0 Å². The summed E-state index contributed by atoms with van der Waals surface area (Å²) in [5, 5.41) is 5.74. The fourth-order valence-corrected chi connectivity index (χ4v) is 3.43. The topological polar surface area (TPSA) is 46.4 Å². The van der Waals surface area contributed by atoms with Gasteiger partial charge in [0, 0.05) is 18.9 Å². The van der Waals surface area contributed by atoms with Crippen LogP contribution in [0.2, 0.25) is 0 Å². The summed E-state index contributed by atoms with van der Waals surface area (Å²) in [5.41, 5.74) is 1.82. The molecule has 1 saturated heterocycles. The van der Waals surface area contributed by atoms with Gasteiger partial charge in [0.1, 0.15) is 0 Å². The molecule has 0 radical (unpaired) electrons. The summed E-state index contributed by atoms with van der Waals surface area (Å²) in [5.74, 6) is -0.110. The number of nitrogens with one attached hydrogen (secondary N) is 1. The second-order valence-corrected chi connectivity index (χ2v) is 6.59. The lowest BCUT2D eigenvalue weighted by Gasteiger charge is -2.00. The van der Waals surface area contributed by atoms with Crippen LogP contribution in [0.25, 0.3) is 16.8 Å². The summed E-state index contributed by atoms with van der Waals surface area (Å²) in [4.78, 5) is 17.3. The largest absolute Gasteiger partial charge is 0.351 e. The van der Waals surface area contributed by atoms with Crippen molar-refractivity contribution in [3.8, 4) is 0 Å². The van der Waals surface area contributed by atoms with E-state index < -0.39 is 0 Å². The molecule has 3 aromatic rings. The summed E-state index contributed by atoms with van der Waals surface area (Å²) in [7, 11) is 1.95. The minimum absolute atomic E-state index is 0.110. The maximum Gasteiger partial charge on any atom is 0.264 e. The first-order valence-corrected chi connectivity index (χ1v) is 8.40. The summed E-state index contributed by atoms with van der Waals surface area (Å²) in [6, 6.07) is 18.1. The zero-order chi connectivity index (χ0) is 16.5. The second-order valence-electron chi connectivity index (χ2n) is 5.56.